The number of fused-ring (bicyclic) bond motifs is 1. The predicted molar refractivity (Wildman–Crippen MR) is 73.8 cm³/mol. The summed E-state index contributed by atoms with van der Waals surface area (Å²) in [5.74, 6) is 0.970. The van der Waals surface area contributed by atoms with Crippen LogP contribution in [-0.4, -0.2) is 4.98 Å². The van der Waals surface area contributed by atoms with E-state index in [9.17, 15) is 0 Å². The van der Waals surface area contributed by atoms with Gasteiger partial charge in [-0.15, -0.1) is 0 Å². The molecule has 0 spiro atoms. The zero-order chi connectivity index (χ0) is 12.4. The molecule has 18 heavy (non-hydrogen) atoms. The van der Waals surface area contributed by atoms with E-state index in [-0.39, 0.29) is 0 Å². The summed E-state index contributed by atoms with van der Waals surface area (Å²) in [5, 5.41) is 1.14. The molecule has 2 heteroatoms. The number of aromatic nitrogens is 1. The van der Waals surface area contributed by atoms with E-state index in [1.54, 1.807) is 0 Å². The van der Waals surface area contributed by atoms with Crippen molar-refractivity contribution in [3.8, 4) is 5.75 Å². The Kier molecular flexibility index (Phi) is 2.77. The van der Waals surface area contributed by atoms with Gasteiger partial charge in [-0.05, 0) is 30.2 Å². The summed E-state index contributed by atoms with van der Waals surface area (Å²) in [6.45, 7) is 2.68. The highest BCUT2D eigenvalue weighted by Crippen LogP contribution is 2.29. The second kappa shape index (κ2) is 4.57. The molecule has 0 atom stereocenters. The van der Waals surface area contributed by atoms with Crippen LogP contribution in [0.5, 0.6) is 5.75 Å². The zero-order valence-electron chi connectivity index (χ0n) is 10.3. The maximum absolute atomic E-state index is 5.97. The molecule has 1 aromatic heterocycles. The fraction of sp³-hybridized carbons (Fsp3) is 0.125. The van der Waals surface area contributed by atoms with Crippen LogP contribution in [0.15, 0.2) is 54.7 Å². The summed E-state index contributed by atoms with van der Waals surface area (Å²) in [6, 6.07) is 16.5. The van der Waals surface area contributed by atoms with Crippen LogP contribution in [0, 0.1) is 6.92 Å². The molecule has 1 N–H and O–H groups in total. The maximum Gasteiger partial charge on any atom is 0.132 e. The van der Waals surface area contributed by atoms with Crippen LogP contribution in [0.3, 0.4) is 0 Å². The van der Waals surface area contributed by atoms with Crippen molar-refractivity contribution >= 4 is 10.9 Å². The highest BCUT2D eigenvalue weighted by molar-refractivity contribution is 5.87. The van der Waals surface area contributed by atoms with Gasteiger partial charge in [-0.2, -0.15) is 0 Å². The highest BCUT2D eigenvalue weighted by atomic mass is 16.5. The molecule has 2 nitrogen and oxygen atoms in total. The molecule has 1 heterocycles. The van der Waals surface area contributed by atoms with Crippen molar-refractivity contribution in [1.82, 2.24) is 4.98 Å². The number of benzene rings is 2. The summed E-state index contributed by atoms with van der Waals surface area (Å²) in [5.41, 5.74) is 3.46. The third-order valence-corrected chi connectivity index (χ3v) is 3.11. The lowest BCUT2D eigenvalue weighted by Crippen LogP contribution is -1.97. The molecule has 0 fully saturated rings. The first kappa shape index (κ1) is 10.9. The molecule has 0 radical (unpaired) electrons. The van der Waals surface area contributed by atoms with Gasteiger partial charge in [0.2, 0.25) is 0 Å². The molecule has 3 aromatic rings. The number of hydrogen-bond donors (Lipinski definition) is 1. The molecule has 0 bridgehead atoms. The molecule has 0 aliphatic heterocycles. The van der Waals surface area contributed by atoms with E-state index >= 15 is 0 Å². The van der Waals surface area contributed by atoms with Gasteiger partial charge in [0.25, 0.3) is 0 Å². The number of ether oxygens (including phenoxy) is 1. The highest BCUT2D eigenvalue weighted by Gasteiger charge is 2.06. The van der Waals surface area contributed by atoms with Crippen LogP contribution in [0.4, 0.5) is 0 Å². The van der Waals surface area contributed by atoms with Crippen molar-refractivity contribution in [2.24, 2.45) is 0 Å². The van der Waals surface area contributed by atoms with Crippen LogP contribution in [-0.2, 0) is 6.61 Å². The molecular weight excluding hydrogens is 222 g/mol. The molecule has 0 aliphatic rings. The normalized spacial score (nSPS) is 10.7. The van der Waals surface area contributed by atoms with Crippen LogP contribution in [0.25, 0.3) is 10.9 Å². The third-order valence-electron chi connectivity index (χ3n) is 3.11. The summed E-state index contributed by atoms with van der Waals surface area (Å²) < 4.78 is 5.97. The Hall–Kier alpha value is -2.22. The van der Waals surface area contributed by atoms with Crippen molar-refractivity contribution < 1.29 is 4.74 Å². The maximum atomic E-state index is 5.97. The Labute approximate surface area is 106 Å². The minimum atomic E-state index is 0.603. The summed E-state index contributed by atoms with van der Waals surface area (Å²) in [6.07, 6.45) is 1.94. The summed E-state index contributed by atoms with van der Waals surface area (Å²) in [4.78, 5) is 3.21. The number of rotatable bonds is 3. The van der Waals surface area contributed by atoms with Gasteiger partial charge in [0.15, 0.2) is 0 Å². The molecule has 3 rings (SSSR count). The van der Waals surface area contributed by atoms with Crippen LogP contribution < -0.4 is 4.74 Å². The van der Waals surface area contributed by atoms with Gasteiger partial charge in [0.1, 0.15) is 12.4 Å². The Bertz CT molecular complexity index is 655. The average Bonchev–Trinajstić information content (AvgIpc) is 2.87. The van der Waals surface area contributed by atoms with E-state index in [0.29, 0.717) is 6.61 Å². The summed E-state index contributed by atoms with van der Waals surface area (Å²) >= 11 is 0. The standard InChI is InChI=1S/C16H15NO/c1-12-7-8-15-14(9-10-17-15)16(12)18-11-13-5-3-2-4-6-13/h2-10,17H,11H2,1H3. The molecular formula is C16H15NO. The van der Waals surface area contributed by atoms with E-state index < -0.39 is 0 Å². The van der Waals surface area contributed by atoms with Gasteiger partial charge >= 0.3 is 0 Å². The van der Waals surface area contributed by atoms with Crippen molar-refractivity contribution in [1.29, 1.82) is 0 Å². The monoisotopic (exact) mass is 237 g/mol. The van der Waals surface area contributed by atoms with Crippen molar-refractivity contribution in [2.45, 2.75) is 13.5 Å². The number of nitrogens with one attached hydrogen (secondary N) is 1. The van der Waals surface area contributed by atoms with Gasteiger partial charge in [0, 0.05) is 17.1 Å². The zero-order valence-corrected chi connectivity index (χ0v) is 10.3. The minimum absolute atomic E-state index is 0.603. The SMILES string of the molecule is Cc1ccc2[nH]ccc2c1OCc1ccccc1. The van der Waals surface area contributed by atoms with Crippen molar-refractivity contribution in [3.63, 3.8) is 0 Å². The number of H-pyrrole nitrogens is 1. The van der Waals surface area contributed by atoms with Gasteiger partial charge in [0.05, 0.1) is 0 Å². The van der Waals surface area contributed by atoms with Crippen molar-refractivity contribution in [3.05, 3.63) is 65.9 Å². The van der Waals surface area contributed by atoms with Gasteiger partial charge in [-0.3, -0.25) is 0 Å². The van der Waals surface area contributed by atoms with Gasteiger partial charge < -0.3 is 9.72 Å². The van der Waals surface area contributed by atoms with E-state index in [1.807, 2.05) is 24.4 Å². The third kappa shape index (κ3) is 1.97. The first-order valence-corrected chi connectivity index (χ1v) is 6.08. The van der Waals surface area contributed by atoms with Crippen LogP contribution >= 0.6 is 0 Å². The topological polar surface area (TPSA) is 25.0 Å². The molecule has 0 amide bonds. The molecule has 2 aromatic carbocycles. The fourth-order valence-electron chi connectivity index (χ4n) is 2.14. The molecule has 0 saturated heterocycles. The second-order valence-electron chi connectivity index (χ2n) is 4.42. The van der Waals surface area contributed by atoms with Gasteiger partial charge in [-0.25, -0.2) is 0 Å². The molecule has 0 unspecified atom stereocenters. The molecule has 90 valence electrons. The lowest BCUT2D eigenvalue weighted by atomic mass is 10.1. The smallest absolute Gasteiger partial charge is 0.132 e. The number of aromatic amines is 1. The Morgan fingerprint density at radius 3 is 2.67 bits per heavy atom. The van der Waals surface area contributed by atoms with E-state index in [1.165, 1.54) is 5.56 Å². The Morgan fingerprint density at radius 1 is 1.00 bits per heavy atom. The molecule has 0 saturated carbocycles. The Balaban J connectivity index is 1.90. The first-order valence-electron chi connectivity index (χ1n) is 6.08. The van der Waals surface area contributed by atoms with Gasteiger partial charge in [-0.1, -0.05) is 36.4 Å². The van der Waals surface area contributed by atoms with Crippen molar-refractivity contribution in [2.75, 3.05) is 0 Å². The molecule has 0 aliphatic carbocycles. The first-order chi connectivity index (χ1) is 8.84. The van der Waals surface area contributed by atoms with Crippen LogP contribution in [0.2, 0.25) is 0 Å². The van der Waals surface area contributed by atoms with E-state index in [0.717, 1.165) is 22.2 Å². The lowest BCUT2D eigenvalue weighted by Gasteiger charge is -2.10. The fourth-order valence-corrected chi connectivity index (χ4v) is 2.14. The quantitative estimate of drug-likeness (QED) is 0.730. The average molecular weight is 237 g/mol. The minimum Gasteiger partial charge on any atom is -0.488 e. The number of hydrogen-bond acceptors (Lipinski definition) is 1. The summed E-state index contributed by atoms with van der Waals surface area (Å²) in [7, 11) is 0. The second-order valence-corrected chi connectivity index (χ2v) is 4.42. The predicted octanol–water partition coefficient (Wildman–Crippen LogP) is 4.06. The van der Waals surface area contributed by atoms with Crippen LogP contribution in [0.1, 0.15) is 11.1 Å². The number of aryl methyl sites for hydroxylation is 1. The Morgan fingerprint density at radius 2 is 1.83 bits per heavy atom. The lowest BCUT2D eigenvalue weighted by molar-refractivity contribution is 0.308. The van der Waals surface area contributed by atoms with E-state index in [4.69, 9.17) is 4.74 Å². The largest absolute Gasteiger partial charge is 0.488 e. The van der Waals surface area contributed by atoms with E-state index in [2.05, 4.69) is 42.2 Å².